The summed E-state index contributed by atoms with van der Waals surface area (Å²) in [5.41, 5.74) is 1.11. The lowest BCUT2D eigenvalue weighted by Crippen LogP contribution is -2.43. The Bertz CT molecular complexity index is 278. The van der Waals surface area contributed by atoms with Gasteiger partial charge in [0.25, 0.3) is 0 Å². The van der Waals surface area contributed by atoms with Crippen molar-refractivity contribution in [2.24, 2.45) is 0 Å². The quantitative estimate of drug-likeness (QED) is 0.630. The number of H-pyrrole nitrogens is 1. The van der Waals surface area contributed by atoms with Crippen molar-refractivity contribution < 1.29 is 5.11 Å². The molecule has 1 aromatic heterocycles. The summed E-state index contributed by atoms with van der Waals surface area (Å²) in [6.07, 6.45) is 3.53. The second-order valence-corrected chi connectivity index (χ2v) is 3.70. The number of nitrogens with zero attached hydrogens (tertiary/aromatic N) is 1. The Morgan fingerprint density at radius 3 is 3.00 bits per heavy atom. The Morgan fingerprint density at radius 2 is 2.46 bits per heavy atom. The molecule has 4 nitrogen and oxygen atoms in total. The third-order valence-corrected chi connectivity index (χ3v) is 2.45. The van der Waals surface area contributed by atoms with Crippen LogP contribution in [0.5, 0.6) is 0 Å². The monoisotopic (exact) mass is 181 g/mol. The number of nitrogens with one attached hydrogen (secondary N) is 2. The smallest absolute Gasteiger partial charge is 0.103 e. The van der Waals surface area contributed by atoms with Crippen LogP contribution >= 0.6 is 0 Å². The first-order chi connectivity index (χ1) is 6.24. The topological polar surface area (TPSA) is 60.9 Å². The number of aliphatic hydroxyl groups is 1. The second kappa shape index (κ2) is 3.47. The lowest BCUT2D eigenvalue weighted by molar-refractivity contribution is 0.0618. The third-order valence-electron chi connectivity index (χ3n) is 2.45. The van der Waals surface area contributed by atoms with Gasteiger partial charge >= 0.3 is 0 Å². The maximum atomic E-state index is 9.06. The molecule has 0 saturated heterocycles. The summed E-state index contributed by atoms with van der Waals surface area (Å²) in [7, 11) is 0. The summed E-state index contributed by atoms with van der Waals surface area (Å²) in [5.74, 6) is 0.949. The van der Waals surface area contributed by atoms with Gasteiger partial charge in [-0.2, -0.15) is 0 Å². The van der Waals surface area contributed by atoms with Crippen molar-refractivity contribution in [2.45, 2.75) is 38.5 Å². The van der Waals surface area contributed by atoms with E-state index in [0.717, 1.165) is 30.9 Å². The number of hydrogen-bond donors (Lipinski definition) is 3. The molecule has 1 aromatic rings. The molecule has 1 aliphatic rings. The van der Waals surface area contributed by atoms with E-state index >= 15 is 0 Å². The molecular weight excluding hydrogens is 166 g/mol. The van der Waals surface area contributed by atoms with Crippen LogP contribution in [-0.2, 0) is 6.54 Å². The van der Waals surface area contributed by atoms with Gasteiger partial charge in [0.15, 0.2) is 0 Å². The Labute approximate surface area is 77.4 Å². The average Bonchev–Trinajstić information content (AvgIpc) is 2.43. The Balaban J connectivity index is 1.74. The lowest BCUT2D eigenvalue weighted by Gasteiger charge is -2.31. The maximum Gasteiger partial charge on any atom is 0.103 e. The molecule has 1 fully saturated rings. The molecule has 0 bridgehead atoms. The molecule has 0 amide bonds. The predicted molar refractivity (Wildman–Crippen MR) is 49.2 cm³/mol. The molecule has 4 heteroatoms. The minimum Gasteiger partial charge on any atom is -0.393 e. The number of aryl methyl sites for hydroxylation is 1. The SMILES string of the molecule is Cc1ncc(CNC2CC(O)C2)[nH]1. The molecule has 0 atom stereocenters. The van der Waals surface area contributed by atoms with Gasteiger partial charge in [0.1, 0.15) is 5.82 Å². The van der Waals surface area contributed by atoms with E-state index in [0.29, 0.717) is 6.04 Å². The van der Waals surface area contributed by atoms with E-state index < -0.39 is 0 Å². The molecule has 1 heterocycles. The lowest BCUT2D eigenvalue weighted by atomic mass is 9.89. The highest BCUT2D eigenvalue weighted by molar-refractivity contribution is 5.00. The molecule has 2 rings (SSSR count). The van der Waals surface area contributed by atoms with Gasteiger partial charge in [0.2, 0.25) is 0 Å². The van der Waals surface area contributed by atoms with E-state index in [4.69, 9.17) is 5.11 Å². The van der Waals surface area contributed by atoms with Gasteiger partial charge in [-0.15, -0.1) is 0 Å². The Hall–Kier alpha value is -0.870. The van der Waals surface area contributed by atoms with E-state index in [1.54, 1.807) is 0 Å². The minimum absolute atomic E-state index is 0.0824. The van der Waals surface area contributed by atoms with Crippen LogP contribution < -0.4 is 5.32 Å². The molecule has 1 saturated carbocycles. The van der Waals surface area contributed by atoms with Crippen molar-refractivity contribution in [3.8, 4) is 0 Å². The van der Waals surface area contributed by atoms with E-state index in [2.05, 4.69) is 15.3 Å². The van der Waals surface area contributed by atoms with Crippen LogP contribution in [0.1, 0.15) is 24.4 Å². The molecule has 13 heavy (non-hydrogen) atoms. The molecular formula is C9H15N3O. The summed E-state index contributed by atoms with van der Waals surface area (Å²) in [4.78, 5) is 7.26. The fraction of sp³-hybridized carbons (Fsp3) is 0.667. The number of hydrogen-bond acceptors (Lipinski definition) is 3. The average molecular weight is 181 g/mol. The van der Waals surface area contributed by atoms with Gasteiger partial charge in [-0.25, -0.2) is 4.98 Å². The Morgan fingerprint density at radius 1 is 1.69 bits per heavy atom. The van der Waals surface area contributed by atoms with Crippen molar-refractivity contribution >= 4 is 0 Å². The van der Waals surface area contributed by atoms with Gasteiger partial charge in [0, 0.05) is 24.5 Å². The van der Waals surface area contributed by atoms with E-state index in [1.807, 2.05) is 13.1 Å². The van der Waals surface area contributed by atoms with Crippen LogP contribution in [0.2, 0.25) is 0 Å². The standard InChI is InChI=1S/C9H15N3O/c1-6-10-4-8(12-6)5-11-7-2-9(13)3-7/h4,7,9,11,13H,2-3,5H2,1H3,(H,10,12). The summed E-state index contributed by atoms with van der Waals surface area (Å²) >= 11 is 0. The first-order valence-electron chi connectivity index (χ1n) is 4.66. The summed E-state index contributed by atoms with van der Waals surface area (Å²) < 4.78 is 0. The number of aromatic amines is 1. The zero-order chi connectivity index (χ0) is 9.26. The van der Waals surface area contributed by atoms with E-state index in [1.165, 1.54) is 0 Å². The largest absolute Gasteiger partial charge is 0.393 e. The van der Waals surface area contributed by atoms with Crippen LogP contribution in [0.3, 0.4) is 0 Å². The molecule has 1 aliphatic carbocycles. The van der Waals surface area contributed by atoms with Crippen LogP contribution in [0, 0.1) is 6.92 Å². The summed E-state index contributed by atoms with van der Waals surface area (Å²) in [6.45, 7) is 2.76. The van der Waals surface area contributed by atoms with Gasteiger partial charge < -0.3 is 15.4 Å². The van der Waals surface area contributed by atoms with Crippen LogP contribution in [0.4, 0.5) is 0 Å². The van der Waals surface area contributed by atoms with Crippen molar-refractivity contribution in [2.75, 3.05) is 0 Å². The van der Waals surface area contributed by atoms with Crippen molar-refractivity contribution in [1.29, 1.82) is 0 Å². The first kappa shape index (κ1) is 8.72. The normalized spacial score (nSPS) is 27.2. The molecule has 0 unspecified atom stereocenters. The van der Waals surface area contributed by atoms with Crippen molar-refractivity contribution in [3.05, 3.63) is 17.7 Å². The highest BCUT2D eigenvalue weighted by Crippen LogP contribution is 2.19. The highest BCUT2D eigenvalue weighted by Gasteiger charge is 2.26. The highest BCUT2D eigenvalue weighted by atomic mass is 16.3. The van der Waals surface area contributed by atoms with E-state index in [-0.39, 0.29) is 6.10 Å². The summed E-state index contributed by atoms with van der Waals surface area (Å²) in [5, 5.41) is 12.4. The fourth-order valence-electron chi connectivity index (χ4n) is 1.57. The number of imidazole rings is 1. The number of aliphatic hydroxyl groups excluding tert-OH is 1. The predicted octanol–water partition coefficient (Wildman–Crippen LogP) is 0.331. The second-order valence-electron chi connectivity index (χ2n) is 3.70. The summed E-state index contributed by atoms with van der Waals surface area (Å²) in [6, 6.07) is 0.485. The maximum absolute atomic E-state index is 9.06. The molecule has 0 spiro atoms. The molecule has 0 aliphatic heterocycles. The van der Waals surface area contributed by atoms with Crippen molar-refractivity contribution in [3.63, 3.8) is 0 Å². The van der Waals surface area contributed by atoms with Crippen LogP contribution in [-0.4, -0.2) is 27.2 Å². The molecule has 0 aromatic carbocycles. The number of aromatic nitrogens is 2. The van der Waals surface area contributed by atoms with Crippen molar-refractivity contribution in [1.82, 2.24) is 15.3 Å². The van der Waals surface area contributed by atoms with Gasteiger partial charge in [0.05, 0.1) is 6.10 Å². The van der Waals surface area contributed by atoms with Gasteiger partial charge in [-0.3, -0.25) is 0 Å². The Kier molecular flexibility index (Phi) is 2.33. The van der Waals surface area contributed by atoms with E-state index in [9.17, 15) is 0 Å². The molecule has 72 valence electrons. The zero-order valence-electron chi connectivity index (χ0n) is 7.75. The third kappa shape index (κ3) is 2.08. The van der Waals surface area contributed by atoms with Crippen LogP contribution in [0.15, 0.2) is 6.20 Å². The molecule has 0 radical (unpaired) electrons. The minimum atomic E-state index is -0.0824. The molecule has 3 N–H and O–H groups in total. The zero-order valence-corrected chi connectivity index (χ0v) is 7.75. The first-order valence-corrected chi connectivity index (χ1v) is 4.66. The number of rotatable bonds is 3. The van der Waals surface area contributed by atoms with Crippen LogP contribution in [0.25, 0.3) is 0 Å². The van der Waals surface area contributed by atoms with Gasteiger partial charge in [-0.05, 0) is 19.8 Å². The van der Waals surface area contributed by atoms with Gasteiger partial charge in [-0.1, -0.05) is 0 Å². The fourth-order valence-corrected chi connectivity index (χ4v) is 1.57.